The summed E-state index contributed by atoms with van der Waals surface area (Å²) >= 11 is 28.1. The number of halogens is 4. The average Bonchev–Trinajstić information content (AvgIpc) is 3.64. The Morgan fingerprint density at radius 1 is 0.588 bits per heavy atom. The van der Waals surface area contributed by atoms with E-state index in [1.165, 1.54) is 0 Å². The Hall–Kier alpha value is -5.07. The fraction of sp³-hybridized carbons (Fsp3) is 0.352. The molecule has 5 aromatic carbocycles. The van der Waals surface area contributed by atoms with Crippen molar-refractivity contribution in [3.05, 3.63) is 150 Å². The molecule has 0 aromatic heterocycles. The highest BCUT2D eigenvalue weighted by atomic mass is 35.5. The molecule has 5 aromatic rings. The van der Waals surface area contributed by atoms with Crippen LogP contribution in [0.5, 0.6) is 23.0 Å². The summed E-state index contributed by atoms with van der Waals surface area (Å²) in [5, 5.41) is 7.10. The second-order valence-corrected chi connectivity index (χ2v) is 17.4. The van der Waals surface area contributed by atoms with Crippen molar-refractivity contribution in [3.63, 3.8) is 0 Å². The first-order chi connectivity index (χ1) is 32.7. The molecular formula is C54H60Cl4N2O8. The van der Waals surface area contributed by atoms with Gasteiger partial charge >= 0.3 is 5.97 Å². The molecule has 0 radical (unpaired) electrons. The number of methoxy groups -OCH3 is 2. The lowest BCUT2D eigenvalue weighted by Crippen LogP contribution is -2.25. The van der Waals surface area contributed by atoms with Crippen LogP contribution in [0.25, 0.3) is 11.1 Å². The van der Waals surface area contributed by atoms with Gasteiger partial charge in [-0.05, 0) is 124 Å². The quantitative estimate of drug-likeness (QED) is 0.0301. The van der Waals surface area contributed by atoms with Gasteiger partial charge in [-0.3, -0.25) is 0 Å². The Kier molecular flexibility index (Phi) is 18.1. The van der Waals surface area contributed by atoms with E-state index < -0.39 is 11.6 Å². The smallest absolute Gasteiger partial charge is 0.341 e. The number of carbonyl (C=O) groups excluding carboxylic acids is 1. The molecule has 0 aliphatic carbocycles. The van der Waals surface area contributed by atoms with Crippen LogP contribution in [-0.2, 0) is 19.8 Å². The SMILES string of the molecule is CCOc1c(C)ccc(C(=CC2(C=C(c3ccc(OC)cc3)c3ccc(C)c(OCC)c3NC(CC)OCC)OC(=O)c3c(Cl)c(Cl)c(Cl)c(Cl)c32)c2ccc(OC)cc2)c1NC(CC)OCC. The van der Waals surface area contributed by atoms with Gasteiger partial charge in [0.15, 0.2) is 5.60 Å². The lowest BCUT2D eigenvalue weighted by atomic mass is 9.82. The summed E-state index contributed by atoms with van der Waals surface area (Å²) in [6.07, 6.45) is 4.26. The number of hydrogen-bond acceptors (Lipinski definition) is 10. The molecule has 0 bridgehead atoms. The first-order valence-electron chi connectivity index (χ1n) is 22.9. The average molecular weight is 1010 g/mol. The summed E-state index contributed by atoms with van der Waals surface area (Å²) in [5.74, 6) is 1.77. The molecule has 2 N–H and O–H groups in total. The number of hydrogen-bond donors (Lipinski definition) is 2. The van der Waals surface area contributed by atoms with Crippen molar-refractivity contribution in [2.75, 3.05) is 51.3 Å². The molecule has 0 saturated carbocycles. The molecule has 0 amide bonds. The topological polar surface area (TPSA) is 106 Å². The Morgan fingerprint density at radius 2 is 1.00 bits per heavy atom. The van der Waals surface area contributed by atoms with E-state index in [1.807, 2.05) is 140 Å². The number of cyclic esters (lactones) is 1. The lowest BCUT2D eigenvalue weighted by molar-refractivity contribution is 0.0300. The van der Waals surface area contributed by atoms with Crippen molar-refractivity contribution in [2.24, 2.45) is 0 Å². The first kappa shape index (κ1) is 52.3. The van der Waals surface area contributed by atoms with Crippen LogP contribution in [0.2, 0.25) is 20.1 Å². The molecule has 0 saturated heterocycles. The number of anilines is 2. The third-order valence-corrected chi connectivity index (χ3v) is 13.4. The standard InChI is InChI=1S/C54H60Cl4N2O8/c1-11-41(64-13-3)59-49-37(27-17-31(7)51(49)66-15-5)39(33-19-23-35(62-9)24-20-33)29-54(44-43(53(61)68-54)45(55)47(57)48(58)46(44)56)30-40(34-21-25-36(63-10)26-22-34)38-28-18-32(8)52(67-16-6)50(38)60-42(12-2)65-14-4/h17-30,41-42,59-60H,11-16H2,1-10H3. The fourth-order valence-electron chi connectivity index (χ4n) is 8.31. The highest BCUT2D eigenvalue weighted by Gasteiger charge is 2.49. The number of aryl methyl sites for hydroxylation is 2. The van der Waals surface area contributed by atoms with Crippen molar-refractivity contribution in [2.45, 2.75) is 86.3 Å². The van der Waals surface area contributed by atoms with E-state index in [0.717, 1.165) is 22.3 Å². The van der Waals surface area contributed by atoms with E-state index in [-0.39, 0.29) is 43.7 Å². The first-order valence-corrected chi connectivity index (χ1v) is 24.4. The largest absolute Gasteiger partial charge is 0.497 e. The number of fused-ring (bicyclic) bond motifs is 1. The monoisotopic (exact) mass is 1000 g/mol. The zero-order valence-corrected chi connectivity index (χ0v) is 43.3. The third kappa shape index (κ3) is 10.9. The van der Waals surface area contributed by atoms with E-state index in [0.29, 0.717) is 95.9 Å². The van der Waals surface area contributed by atoms with Crippen molar-refractivity contribution in [1.82, 2.24) is 0 Å². The zero-order valence-electron chi connectivity index (χ0n) is 40.3. The molecule has 10 nitrogen and oxygen atoms in total. The van der Waals surface area contributed by atoms with E-state index in [1.54, 1.807) is 14.2 Å². The normalized spacial score (nSPS) is 15.6. The second kappa shape index (κ2) is 23.5. The number of rotatable bonds is 22. The molecule has 0 fully saturated rings. The molecule has 2 unspecified atom stereocenters. The van der Waals surface area contributed by atoms with Gasteiger partial charge in [0.2, 0.25) is 0 Å². The molecule has 2 atom stereocenters. The van der Waals surface area contributed by atoms with Gasteiger partial charge in [-0.15, -0.1) is 0 Å². The minimum atomic E-state index is -1.86. The van der Waals surface area contributed by atoms with Crippen molar-refractivity contribution in [3.8, 4) is 23.0 Å². The molecule has 68 heavy (non-hydrogen) atoms. The zero-order chi connectivity index (χ0) is 49.3. The van der Waals surface area contributed by atoms with Crippen molar-refractivity contribution in [1.29, 1.82) is 0 Å². The van der Waals surface area contributed by atoms with Gasteiger partial charge in [0.25, 0.3) is 0 Å². The summed E-state index contributed by atoms with van der Waals surface area (Å²) < 4.78 is 43.3. The maximum Gasteiger partial charge on any atom is 0.341 e. The second-order valence-electron chi connectivity index (χ2n) is 15.9. The molecule has 1 aliphatic heterocycles. The highest BCUT2D eigenvalue weighted by molar-refractivity contribution is 6.53. The molecule has 362 valence electrons. The summed E-state index contributed by atoms with van der Waals surface area (Å²) in [7, 11) is 3.22. The van der Waals surface area contributed by atoms with Gasteiger partial charge < -0.3 is 43.8 Å². The number of nitrogens with one attached hydrogen (secondary N) is 2. The van der Waals surface area contributed by atoms with Crippen LogP contribution < -0.4 is 29.6 Å². The van der Waals surface area contributed by atoms with Gasteiger partial charge in [-0.2, -0.15) is 0 Å². The van der Waals surface area contributed by atoms with Gasteiger partial charge in [0.1, 0.15) is 35.5 Å². The Balaban J connectivity index is 1.87. The number of esters is 1. The summed E-state index contributed by atoms with van der Waals surface area (Å²) in [5.41, 5.74) is 5.53. The van der Waals surface area contributed by atoms with Gasteiger partial charge in [-0.1, -0.05) is 109 Å². The summed E-state index contributed by atoms with van der Waals surface area (Å²) in [6.45, 7) is 17.6. The third-order valence-electron chi connectivity index (χ3n) is 11.6. The fourth-order valence-corrected chi connectivity index (χ4v) is 9.39. The Labute approximate surface area is 420 Å². The molecule has 6 rings (SSSR count). The van der Waals surface area contributed by atoms with Crippen molar-refractivity contribution < 1.29 is 38.0 Å². The number of ether oxygens (including phenoxy) is 7. The summed E-state index contributed by atoms with van der Waals surface area (Å²) in [6, 6.07) is 23.2. The summed E-state index contributed by atoms with van der Waals surface area (Å²) in [4.78, 5) is 14.8. The lowest BCUT2D eigenvalue weighted by Gasteiger charge is -2.30. The molecule has 14 heteroatoms. The van der Waals surface area contributed by atoms with Crippen LogP contribution in [0.1, 0.15) is 104 Å². The van der Waals surface area contributed by atoms with Crippen LogP contribution in [0, 0.1) is 13.8 Å². The van der Waals surface area contributed by atoms with Crippen LogP contribution in [0.3, 0.4) is 0 Å². The van der Waals surface area contributed by atoms with Crippen LogP contribution in [-0.4, -0.2) is 59.1 Å². The van der Waals surface area contributed by atoms with E-state index >= 15 is 0 Å². The predicted molar refractivity (Wildman–Crippen MR) is 277 cm³/mol. The van der Waals surface area contributed by atoms with Gasteiger partial charge in [-0.25, -0.2) is 4.79 Å². The highest BCUT2D eigenvalue weighted by Crippen LogP contribution is 2.55. The van der Waals surface area contributed by atoms with Crippen molar-refractivity contribution >= 4 is 74.9 Å². The Morgan fingerprint density at radius 3 is 1.37 bits per heavy atom. The van der Waals surface area contributed by atoms with Gasteiger partial charge in [0.05, 0.1) is 64.5 Å². The van der Waals surface area contributed by atoms with E-state index in [9.17, 15) is 4.79 Å². The number of carbonyl (C=O) groups is 1. The van der Waals surface area contributed by atoms with E-state index in [4.69, 9.17) is 79.6 Å². The molecule has 1 aliphatic rings. The maximum absolute atomic E-state index is 14.8. The Bertz CT molecular complexity index is 2510. The minimum absolute atomic E-state index is 0.0168. The van der Waals surface area contributed by atoms with Gasteiger partial charge in [0, 0.05) is 29.9 Å². The molecule has 0 spiro atoms. The van der Waals surface area contributed by atoms with Crippen LogP contribution >= 0.6 is 46.4 Å². The maximum atomic E-state index is 14.8. The molecular weight excluding hydrogens is 946 g/mol. The predicted octanol–water partition coefficient (Wildman–Crippen LogP) is 14.7. The molecule has 1 heterocycles. The van der Waals surface area contributed by atoms with Crippen LogP contribution in [0.15, 0.2) is 84.9 Å². The van der Waals surface area contributed by atoms with E-state index in [2.05, 4.69) is 10.6 Å². The minimum Gasteiger partial charge on any atom is -0.497 e. The number of benzene rings is 5. The van der Waals surface area contributed by atoms with Crippen LogP contribution in [0.4, 0.5) is 11.4 Å².